The quantitative estimate of drug-likeness (QED) is 0.242. The molecule has 36 heavy (non-hydrogen) atoms. The van der Waals surface area contributed by atoms with Gasteiger partial charge in [-0.15, -0.1) is 0 Å². The zero-order valence-electron chi connectivity index (χ0n) is 20.4. The number of hydrogen-bond acceptors (Lipinski definition) is 8. The molecule has 8 nitrogen and oxygen atoms in total. The molecule has 1 heterocycles. The van der Waals surface area contributed by atoms with E-state index in [1.54, 1.807) is 38.1 Å². The first-order chi connectivity index (χ1) is 16.6. The summed E-state index contributed by atoms with van der Waals surface area (Å²) in [6.07, 6.45) is 11.1. The summed E-state index contributed by atoms with van der Waals surface area (Å²) in [6, 6.07) is 6.58. The van der Waals surface area contributed by atoms with Gasteiger partial charge in [-0.1, -0.05) is 31.7 Å². The van der Waals surface area contributed by atoms with Crippen molar-refractivity contribution in [3.63, 3.8) is 0 Å². The lowest BCUT2D eigenvalue weighted by molar-refractivity contribution is -0.120. The molecule has 0 bridgehead atoms. The van der Waals surface area contributed by atoms with Crippen molar-refractivity contribution in [3.05, 3.63) is 65.8 Å². The molecule has 2 aromatic rings. The molecule has 10 heteroatoms. The van der Waals surface area contributed by atoms with E-state index in [2.05, 4.69) is 22.1 Å². The van der Waals surface area contributed by atoms with E-state index in [0.29, 0.717) is 23.7 Å². The maximum atomic E-state index is 13.4. The van der Waals surface area contributed by atoms with Crippen molar-refractivity contribution in [2.75, 3.05) is 19.5 Å². The zero-order valence-corrected chi connectivity index (χ0v) is 22.1. The van der Waals surface area contributed by atoms with Gasteiger partial charge < -0.3 is 9.05 Å². The highest BCUT2D eigenvalue weighted by molar-refractivity contribution is 7.90. The van der Waals surface area contributed by atoms with Crippen molar-refractivity contribution in [1.29, 1.82) is 0 Å². The minimum Gasteiger partial charge on any atom is -0.309 e. The van der Waals surface area contributed by atoms with Crippen LogP contribution in [-0.4, -0.2) is 43.6 Å². The number of sulfone groups is 1. The van der Waals surface area contributed by atoms with Crippen LogP contribution >= 0.6 is 7.60 Å². The average molecular weight is 537 g/mol. The molecule has 0 unspecified atom stereocenters. The van der Waals surface area contributed by atoms with E-state index in [9.17, 15) is 17.8 Å². The second-order valence-electron chi connectivity index (χ2n) is 8.69. The largest absolute Gasteiger partial charge is 0.336 e. The first-order valence-electron chi connectivity index (χ1n) is 11.8. The monoisotopic (exact) mass is 536 g/mol. The summed E-state index contributed by atoms with van der Waals surface area (Å²) >= 11 is 0. The molecule has 0 N–H and O–H groups in total. The van der Waals surface area contributed by atoms with Crippen LogP contribution in [0, 0.1) is 5.92 Å². The van der Waals surface area contributed by atoms with Crippen LogP contribution in [-0.2, 0) is 40.8 Å². The van der Waals surface area contributed by atoms with Crippen molar-refractivity contribution in [1.82, 2.24) is 9.97 Å². The van der Waals surface area contributed by atoms with Crippen molar-refractivity contribution < 1.29 is 26.8 Å². The molecule has 198 valence electrons. The van der Waals surface area contributed by atoms with Crippen LogP contribution in [0.2, 0.25) is 0 Å². The molecule has 1 atom stereocenters. The fourth-order valence-electron chi connectivity index (χ4n) is 4.18. The smallest absolute Gasteiger partial charge is 0.309 e. The number of rotatable bonds is 13. The van der Waals surface area contributed by atoms with Gasteiger partial charge in [-0.2, -0.15) is 0 Å². The van der Waals surface area contributed by atoms with Crippen molar-refractivity contribution >= 4 is 23.2 Å². The summed E-state index contributed by atoms with van der Waals surface area (Å²) in [5.41, 5.74) is 1.79. The average Bonchev–Trinajstić information content (AvgIpc) is 3.32. The van der Waals surface area contributed by atoms with Crippen LogP contribution in [0.25, 0.3) is 0 Å². The number of nitrogens with zero attached hydrogens (tertiary/aromatic N) is 2. The summed E-state index contributed by atoms with van der Waals surface area (Å²) < 4.78 is 47.0. The van der Waals surface area contributed by atoms with Gasteiger partial charge in [0.2, 0.25) is 0 Å². The molecular weight excluding hydrogens is 499 g/mol. The van der Waals surface area contributed by atoms with Gasteiger partial charge in [0, 0.05) is 24.6 Å². The lowest BCUT2D eigenvalue weighted by Gasteiger charge is -2.20. The van der Waals surface area contributed by atoms with Crippen molar-refractivity contribution in [2.45, 2.75) is 63.9 Å². The Hall–Kier alpha value is -2.19. The third-order valence-corrected chi connectivity index (χ3v) is 9.04. The van der Waals surface area contributed by atoms with E-state index in [4.69, 9.17) is 9.05 Å². The Morgan fingerprint density at radius 3 is 2.08 bits per heavy atom. The van der Waals surface area contributed by atoms with E-state index >= 15 is 0 Å². The predicted molar refractivity (Wildman–Crippen MR) is 141 cm³/mol. The minimum atomic E-state index is -3.31. The molecule has 0 amide bonds. The number of carbonyl (C=O) groups excluding carboxylic acids is 1. The van der Waals surface area contributed by atoms with Crippen molar-refractivity contribution in [3.8, 4) is 0 Å². The standard InChI is InChI=1S/C25H33N2O6PS.CH4/c1-4-32-34(29,33-5-2)18-22-17-26-21(16-27-22)15-25(28)24(14-19-8-6-7-9-19)20-10-12-23(13-11-20)35(3,30)31;/h6-7,10-13,16-17,19,24H,4-5,8-9,14-15,18H2,1-3H3;1H4/t24-;/m1./s1. The van der Waals surface area contributed by atoms with E-state index in [1.165, 1.54) is 18.6 Å². The molecule has 3 rings (SSSR count). The summed E-state index contributed by atoms with van der Waals surface area (Å²) in [7, 11) is -6.60. The second kappa shape index (κ2) is 13.4. The van der Waals surface area contributed by atoms with Gasteiger partial charge in [0.1, 0.15) is 5.78 Å². The van der Waals surface area contributed by atoms with Crippen LogP contribution in [0.3, 0.4) is 0 Å². The molecule has 1 aliphatic carbocycles. The molecule has 0 fully saturated rings. The topological polar surface area (TPSA) is 113 Å². The molecule has 1 aromatic carbocycles. The summed E-state index contributed by atoms with van der Waals surface area (Å²) in [6.45, 7) is 4.03. The Morgan fingerprint density at radius 1 is 1.03 bits per heavy atom. The number of Topliss-reactive ketones (excluding diaryl/α,β-unsaturated/α-hetero) is 1. The summed E-state index contributed by atoms with van der Waals surface area (Å²) in [5.74, 6) is 0.00439. The lowest BCUT2D eigenvalue weighted by Crippen LogP contribution is -2.19. The fourth-order valence-corrected chi connectivity index (χ4v) is 6.41. The van der Waals surface area contributed by atoms with Gasteiger partial charge in [-0.3, -0.25) is 19.3 Å². The first kappa shape index (κ1) is 30.0. The Labute approximate surface area is 215 Å². The lowest BCUT2D eigenvalue weighted by atomic mass is 9.83. The van der Waals surface area contributed by atoms with Gasteiger partial charge in [0.05, 0.1) is 42.1 Å². The van der Waals surface area contributed by atoms with E-state index in [-0.39, 0.29) is 49.8 Å². The number of allylic oxidation sites excluding steroid dienone is 2. The van der Waals surface area contributed by atoms with Gasteiger partial charge in [0.15, 0.2) is 9.84 Å². The Kier molecular flexibility index (Phi) is 11.2. The van der Waals surface area contributed by atoms with Gasteiger partial charge in [-0.25, -0.2) is 8.42 Å². The van der Waals surface area contributed by atoms with E-state index in [1.807, 2.05) is 0 Å². The SMILES string of the molecule is C.CCOP(=O)(Cc1cnc(CC(=O)[C@H](CC2CC=CC2)c2ccc(S(C)(=O)=O)cc2)cn1)OCC. The Bertz CT molecular complexity index is 1160. The normalized spacial score (nSPS) is 15.0. The second-order valence-corrected chi connectivity index (χ2v) is 12.8. The Balaban J connectivity index is 0.00000456. The summed E-state index contributed by atoms with van der Waals surface area (Å²) in [4.78, 5) is 22.3. The molecule has 0 saturated heterocycles. The van der Waals surface area contributed by atoms with Crippen molar-refractivity contribution in [2.24, 2.45) is 5.92 Å². The molecular formula is C26H37N2O6PS. The maximum absolute atomic E-state index is 13.4. The predicted octanol–water partition coefficient (Wildman–Crippen LogP) is 5.53. The van der Waals surface area contributed by atoms with E-state index < -0.39 is 17.4 Å². The van der Waals surface area contributed by atoms with Gasteiger partial charge in [-0.05, 0) is 56.7 Å². The van der Waals surface area contributed by atoms with Crippen LogP contribution in [0.5, 0.6) is 0 Å². The highest BCUT2D eigenvalue weighted by Gasteiger charge is 2.27. The molecule has 0 aliphatic heterocycles. The third kappa shape index (κ3) is 8.44. The zero-order chi connectivity index (χ0) is 25.5. The number of benzene rings is 1. The molecule has 0 saturated carbocycles. The maximum Gasteiger partial charge on any atom is 0.336 e. The molecule has 0 spiro atoms. The number of ketones is 1. The minimum absolute atomic E-state index is 0. The van der Waals surface area contributed by atoms with Gasteiger partial charge in [0.25, 0.3) is 0 Å². The van der Waals surface area contributed by atoms with Crippen LogP contribution in [0.4, 0.5) is 0 Å². The van der Waals surface area contributed by atoms with Crippen LogP contribution < -0.4 is 0 Å². The molecule has 1 aliphatic rings. The first-order valence-corrected chi connectivity index (χ1v) is 15.4. The Morgan fingerprint density at radius 2 is 1.58 bits per heavy atom. The summed E-state index contributed by atoms with van der Waals surface area (Å²) in [5, 5.41) is 0. The van der Waals surface area contributed by atoms with Crippen LogP contribution in [0.1, 0.15) is 63.4 Å². The molecule has 0 radical (unpaired) electrons. The van der Waals surface area contributed by atoms with Gasteiger partial charge >= 0.3 is 7.60 Å². The number of aromatic nitrogens is 2. The highest BCUT2D eigenvalue weighted by atomic mass is 32.2. The number of carbonyl (C=O) groups is 1. The molecule has 1 aromatic heterocycles. The highest BCUT2D eigenvalue weighted by Crippen LogP contribution is 2.50. The third-order valence-electron chi connectivity index (χ3n) is 5.90. The van der Waals surface area contributed by atoms with Crippen LogP contribution in [0.15, 0.2) is 53.7 Å². The number of hydrogen-bond donors (Lipinski definition) is 0. The van der Waals surface area contributed by atoms with E-state index in [0.717, 1.165) is 18.4 Å². The fraction of sp³-hybridized carbons (Fsp3) is 0.500.